The van der Waals surface area contributed by atoms with E-state index < -0.39 is 0 Å². The van der Waals surface area contributed by atoms with E-state index in [0.717, 1.165) is 39.1 Å². The van der Waals surface area contributed by atoms with Gasteiger partial charge in [-0.05, 0) is 51.1 Å². The van der Waals surface area contributed by atoms with Gasteiger partial charge in [-0.1, -0.05) is 12.1 Å². The summed E-state index contributed by atoms with van der Waals surface area (Å²) >= 11 is 0. The lowest BCUT2D eigenvalue weighted by Gasteiger charge is -2.21. The van der Waals surface area contributed by atoms with Crippen LogP contribution in [0.1, 0.15) is 25.8 Å². The SMILES string of the molecule is CCN(CC)c1ccc(CNCCCNCCO)cc1. The van der Waals surface area contributed by atoms with Crippen molar-refractivity contribution in [3.8, 4) is 0 Å². The quantitative estimate of drug-likeness (QED) is 0.539. The van der Waals surface area contributed by atoms with Crippen molar-refractivity contribution in [2.75, 3.05) is 44.2 Å². The van der Waals surface area contributed by atoms with Gasteiger partial charge in [-0.3, -0.25) is 0 Å². The van der Waals surface area contributed by atoms with E-state index in [9.17, 15) is 0 Å². The van der Waals surface area contributed by atoms with E-state index in [-0.39, 0.29) is 6.61 Å². The molecule has 1 aromatic carbocycles. The molecule has 0 saturated heterocycles. The number of hydrogen-bond acceptors (Lipinski definition) is 4. The third kappa shape index (κ3) is 6.37. The third-order valence-corrected chi connectivity index (χ3v) is 3.39. The molecule has 0 aliphatic carbocycles. The normalized spacial score (nSPS) is 10.8. The smallest absolute Gasteiger partial charge is 0.0555 e. The lowest BCUT2D eigenvalue weighted by molar-refractivity contribution is 0.292. The van der Waals surface area contributed by atoms with Gasteiger partial charge in [-0.15, -0.1) is 0 Å². The van der Waals surface area contributed by atoms with Crippen LogP contribution < -0.4 is 15.5 Å². The fourth-order valence-electron chi connectivity index (χ4n) is 2.19. The first kappa shape index (κ1) is 17.0. The average Bonchev–Trinajstić information content (AvgIpc) is 2.49. The van der Waals surface area contributed by atoms with Crippen LogP contribution in [0.3, 0.4) is 0 Å². The van der Waals surface area contributed by atoms with E-state index in [1.54, 1.807) is 0 Å². The highest BCUT2D eigenvalue weighted by Gasteiger charge is 2.01. The molecular formula is C16H29N3O. The van der Waals surface area contributed by atoms with Crippen LogP contribution >= 0.6 is 0 Å². The van der Waals surface area contributed by atoms with E-state index >= 15 is 0 Å². The zero-order valence-electron chi connectivity index (χ0n) is 12.9. The standard InChI is InChI=1S/C16H29N3O/c1-3-19(4-2)16-8-6-15(7-9-16)14-18-11-5-10-17-12-13-20/h6-9,17-18,20H,3-5,10-14H2,1-2H3. The minimum Gasteiger partial charge on any atom is -0.395 e. The number of nitrogens with one attached hydrogen (secondary N) is 2. The molecule has 0 amide bonds. The molecule has 114 valence electrons. The van der Waals surface area contributed by atoms with Crippen molar-refractivity contribution in [2.24, 2.45) is 0 Å². The highest BCUT2D eigenvalue weighted by atomic mass is 16.3. The largest absolute Gasteiger partial charge is 0.395 e. The maximum absolute atomic E-state index is 8.63. The molecule has 0 fully saturated rings. The van der Waals surface area contributed by atoms with E-state index in [1.807, 2.05) is 0 Å². The molecule has 0 spiro atoms. The molecule has 1 rings (SSSR count). The van der Waals surface area contributed by atoms with Gasteiger partial charge in [0.15, 0.2) is 0 Å². The molecule has 0 saturated carbocycles. The number of aliphatic hydroxyl groups is 1. The summed E-state index contributed by atoms with van der Waals surface area (Å²) in [5.74, 6) is 0. The molecule has 0 atom stereocenters. The summed E-state index contributed by atoms with van der Waals surface area (Å²) in [6.07, 6.45) is 1.08. The van der Waals surface area contributed by atoms with E-state index in [2.05, 4.69) is 53.6 Å². The van der Waals surface area contributed by atoms with Gasteiger partial charge in [0.2, 0.25) is 0 Å². The van der Waals surface area contributed by atoms with Crippen LogP contribution in [0.2, 0.25) is 0 Å². The van der Waals surface area contributed by atoms with Crippen LogP contribution in [-0.2, 0) is 6.54 Å². The Labute approximate surface area is 123 Å². The number of nitrogens with zero attached hydrogens (tertiary/aromatic N) is 1. The zero-order chi connectivity index (χ0) is 14.6. The van der Waals surface area contributed by atoms with Crippen LogP contribution in [0.5, 0.6) is 0 Å². The van der Waals surface area contributed by atoms with Crippen molar-refractivity contribution in [1.29, 1.82) is 0 Å². The van der Waals surface area contributed by atoms with Crippen LogP contribution in [0.4, 0.5) is 5.69 Å². The predicted molar refractivity (Wildman–Crippen MR) is 86.3 cm³/mol. The van der Waals surface area contributed by atoms with Gasteiger partial charge < -0.3 is 20.6 Å². The second-order valence-corrected chi connectivity index (χ2v) is 4.84. The van der Waals surface area contributed by atoms with Crippen LogP contribution in [0.15, 0.2) is 24.3 Å². The monoisotopic (exact) mass is 279 g/mol. The Morgan fingerprint density at radius 2 is 1.60 bits per heavy atom. The van der Waals surface area contributed by atoms with Gasteiger partial charge in [-0.2, -0.15) is 0 Å². The van der Waals surface area contributed by atoms with Gasteiger partial charge >= 0.3 is 0 Å². The number of benzene rings is 1. The molecular weight excluding hydrogens is 250 g/mol. The molecule has 4 nitrogen and oxygen atoms in total. The summed E-state index contributed by atoms with van der Waals surface area (Å²) in [5, 5.41) is 15.2. The third-order valence-electron chi connectivity index (χ3n) is 3.39. The molecule has 20 heavy (non-hydrogen) atoms. The summed E-state index contributed by atoms with van der Waals surface area (Å²) in [6.45, 7) is 10.2. The fourth-order valence-corrected chi connectivity index (χ4v) is 2.19. The van der Waals surface area contributed by atoms with Gasteiger partial charge in [0.1, 0.15) is 0 Å². The summed E-state index contributed by atoms with van der Waals surface area (Å²) in [7, 11) is 0. The summed E-state index contributed by atoms with van der Waals surface area (Å²) in [5.41, 5.74) is 2.62. The first-order valence-electron chi connectivity index (χ1n) is 7.68. The fraction of sp³-hybridized carbons (Fsp3) is 0.625. The van der Waals surface area contributed by atoms with Gasteiger partial charge in [0.25, 0.3) is 0 Å². The van der Waals surface area contributed by atoms with Crippen molar-refractivity contribution < 1.29 is 5.11 Å². The lowest BCUT2D eigenvalue weighted by atomic mass is 10.2. The van der Waals surface area contributed by atoms with E-state index in [0.29, 0.717) is 6.54 Å². The highest BCUT2D eigenvalue weighted by Crippen LogP contribution is 2.14. The number of hydrogen-bond donors (Lipinski definition) is 3. The van der Waals surface area contributed by atoms with Crippen molar-refractivity contribution in [2.45, 2.75) is 26.8 Å². The number of rotatable bonds is 11. The minimum absolute atomic E-state index is 0.215. The Morgan fingerprint density at radius 1 is 0.950 bits per heavy atom. The van der Waals surface area contributed by atoms with E-state index in [1.165, 1.54) is 11.3 Å². The highest BCUT2D eigenvalue weighted by molar-refractivity contribution is 5.47. The Morgan fingerprint density at radius 3 is 2.20 bits per heavy atom. The Bertz CT molecular complexity index is 336. The molecule has 0 aliphatic heterocycles. The number of anilines is 1. The van der Waals surface area contributed by atoms with Crippen LogP contribution in [0.25, 0.3) is 0 Å². The van der Waals surface area contributed by atoms with Gasteiger partial charge in [0.05, 0.1) is 6.61 Å². The van der Waals surface area contributed by atoms with Crippen molar-refractivity contribution >= 4 is 5.69 Å². The Hall–Kier alpha value is -1.10. The zero-order valence-corrected chi connectivity index (χ0v) is 12.9. The van der Waals surface area contributed by atoms with Gasteiger partial charge in [0, 0.05) is 31.9 Å². The van der Waals surface area contributed by atoms with Crippen molar-refractivity contribution in [3.63, 3.8) is 0 Å². The summed E-state index contributed by atoms with van der Waals surface area (Å²) in [4.78, 5) is 2.35. The molecule has 0 aliphatic rings. The Balaban J connectivity index is 2.21. The first-order valence-corrected chi connectivity index (χ1v) is 7.68. The maximum atomic E-state index is 8.63. The minimum atomic E-state index is 0.215. The molecule has 3 N–H and O–H groups in total. The molecule has 0 radical (unpaired) electrons. The average molecular weight is 279 g/mol. The number of aliphatic hydroxyl groups excluding tert-OH is 1. The van der Waals surface area contributed by atoms with Crippen molar-refractivity contribution in [1.82, 2.24) is 10.6 Å². The second kappa shape index (κ2) is 10.7. The molecule has 0 heterocycles. The van der Waals surface area contributed by atoms with Crippen LogP contribution in [-0.4, -0.2) is 44.4 Å². The predicted octanol–water partition coefficient (Wildman–Crippen LogP) is 1.59. The first-order chi connectivity index (χ1) is 9.81. The Kier molecular flexibility index (Phi) is 9.04. The molecule has 0 aromatic heterocycles. The molecule has 0 bridgehead atoms. The maximum Gasteiger partial charge on any atom is 0.0555 e. The summed E-state index contributed by atoms with van der Waals surface area (Å²) < 4.78 is 0. The van der Waals surface area contributed by atoms with Crippen LogP contribution in [0, 0.1) is 0 Å². The summed E-state index contributed by atoms with van der Waals surface area (Å²) in [6, 6.07) is 8.80. The molecule has 4 heteroatoms. The van der Waals surface area contributed by atoms with E-state index in [4.69, 9.17) is 5.11 Å². The second-order valence-electron chi connectivity index (χ2n) is 4.84. The van der Waals surface area contributed by atoms with Gasteiger partial charge in [-0.25, -0.2) is 0 Å². The topological polar surface area (TPSA) is 47.5 Å². The molecule has 0 unspecified atom stereocenters. The van der Waals surface area contributed by atoms with Crippen molar-refractivity contribution in [3.05, 3.63) is 29.8 Å². The molecule has 1 aromatic rings. The lowest BCUT2D eigenvalue weighted by Crippen LogP contribution is -2.24.